The minimum absolute atomic E-state index is 0.107. The van der Waals surface area contributed by atoms with Crippen LogP contribution < -0.4 is 10.6 Å². The van der Waals surface area contributed by atoms with Gasteiger partial charge >= 0.3 is 0 Å². The Hall–Kier alpha value is -2.51. The van der Waals surface area contributed by atoms with E-state index in [1.807, 2.05) is 0 Å². The Kier molecular flexibility index (Phi) is 8.89. The Morgan fingerprint density at radius 3 is 2.34 bits per heavy atom. The van der Waals surface area contributed by atoms with Crippen LogP contribution in [0.25, 0.3) is 0 Å². The topological polar surface area (TPSA) is 125 Å². The molecule has 35 heavy (non-hydrogen) atoms. The number of benzene rings is 2. The number of anilines is 2. The van der Waals surface area contributed by atoms with E-state index in [0.717, 1.165) is 5.56 Å². The van der Waals surface area contributed by atoms with Gasteiger partial charge in [0.1, 0.15) is 0 Å². The van der Waals surface area contributed by atoms with Gasteiger partial charge < -0.3 is 15.4 Å². The fourth-order valence-electron chi connectivity index (χ4n) is 3.69. The van der Waals surface area contributed by atoms with Gasteiger partial charge in [-0.1, -0.05) is 26.0 Å². The molecule has 2 aromatic rings. The van der Waals surface area contributed by atoms with Crippen molar-refractivity contribution in [2.45, 2.75) is 30.6 Å². The van der Waals surface area contributed by atoms with Gasteiger partial charge in [0.05, 0.1) is 29.5 Å². The average molecular weight is 525 g/mol. The van der Waals surface area contributed by atoms with Gasteiger partial charge in [-0.3, -0.25) is 4.79 Å². The van der Waals surface area contributed by atoms with E-state index in [2.05, 4.69) is 10.6 Å². The van der Waals surface area contributed by atoms with E-state index in [-0.39, 0.29) is 16.3 Å². The molecule has 2 N–H and O–H groups in total. The number of rotatable bonds is 10. The van der Waals surface area contributed by atoms with Crippen LogP contribution >= 0.6 is 0 Å². The average Bonchev–Trinajstić information content (AvgIpc) is 2.85. The van der Waals surface area contributed by atoms with Crippen LogP contribution in [0.2, 0.25) is 0 Å². The van der Waals surface area contributed by atoms with Crippen molar-refractivity contribution in [2.24, 2.45) is 0 Å². The lowest BCUT2D eigenvalue weighted by atomic mass is 10.2. The second kappa shape index (κ2) is 11.5. The molecule has 1 fully saturated rings. The number of aryl methyl sites for hydroxylation is 1. The summed E-state index contributed by atoms with van der Waals surface area (Å²) in [5, 5.41) is 5.67. The SMILES string of the molecule is CCN(CC)S(=O)(=O)c1ccc(C)c(NC(=O)CNc2cccc(S(=O)(=O)N3CCOCC3)c2)c1. The summed E-state index contributed by atoms with van der Waals surface area (Å²) in [6.45, 7) is 7.18. The molecule has 0 aromatic heterocycles. The van der Waals surface area contributed by atoms with E-state index < -0.39 is 26.0 Å². The molecule has 192 valence electrons. The molecule has 0 bridgehead atoms. The molecule has 0 aliphatic carbocycles. The standard InChI is InChI=1S/C23H32N4O6S2/c1-4-26(5-2)34(29,30)21-10-9-18(3)22(16-21)25-23(28)17-24-19-7-6-8-20(15-19)35(31,32)27-11-13-33-14-12-27/h6-10,15-16,24H,4-5,11-14,17H2,1-3H3,(H,25,28). The molecular formula is C23H32N4O6S2. The Bertz CT molecular complexity index is 1250. The second-order valence-electron chi connectivity index (χ2n) is 8.01. The van der Waals surface area contributed by atoms with Crippen LogP contribution in [0.15, 0.2) is 52.3 Å². The molecule has 0 unspecified atom stereocenters. The molecule has 1 saturated heterocycles. The number of amides is 1. The monoisotopic (exact) mass is 524 g/mol. The van der Waals surface area contributed by atoms with Crippen molar-refractivity contribution >= 4 is 37.3 Å². The lowest BCUT2D eigenvalue weighted by molar-refractivity contribution is -0.114. The minimum Gasteiger partial charge on any atom is -0.379 e. The molecule has 0 atom stereocenters. The molecule has 1 aliphatic heterocycles. The molecule has 10 nitrogen and oxygen atoms in total. The lowest BCUT2D eigenvalue weighted by Crippen LogP contribution is -2.40. The van der Waals surface area contributed by atoms with Gasteiger partial charge in [0.15, 0.2) is 0 Å². The number of carbonyl (C=O) groups is 1. The number of ether oxygens (including phenoxy) is 1. The first kappa shape index (κ1) is 27.1. The van der Waals surface area contributed by atoms with Crippen LogP contribution in [0.3, 0.4) is 0 Å². The Balaban J connectivity index is 1.69. The number of hydrogen-bond acceptors (Lipinski definition) is 7. The van der Waals surface area contributed by atoms with Crippen molar-refractivity contribution in [1.29, 1.82) is 0 Å². The van der Waals surface area contributed by atoms with E-state index >= 15 is 0 Å². The minimum atomic E-state index is -3.66. The first-order chi connectivity index (χ1) is 16.6. The zero-order valence-corrected chi connectivity index (χ0v) is 21.8. The van der Waals surface area contributed by atoms with E-state index in [4.69, 9.17) is 4.74 Å². The summed E-state index contributed by atoms with van der Waals surface area (Å²) < 4.78 is 59.3. The summed E-state index contributed by atoms with van der Waals surface area (Å²) in [5.41, 5.74) is 1.59. The van der Waals surface area contributed by atoms with Crippen molar-refractivity contribution in [1.82, 2.24) is 8.61 Å². The lowest BCUT2D eigenvalue weighted by Gasteiger charge is -2.26. The molecule has 3 rings (SSSR count). The third kappa shape index (κ3) is 6.39. The van der Waals surface area contributed by atoms with Gasteiger partial charge in [-0.2, -0.15) is 8.61 Å². The third-order valence-corrected chi connectivity index (χ3v) is 9.66. The number of nitrogens with zero attached hydrogens (tertiary/aromatic N) is 2. The Morgan fingerprint density at radius 2 is 1.69 bits per heavy atom. The van der Waals surface area contributed by atoms with Crippen LogP contribution in [0.1, 0.15) is 19.4 Å². The van der Waals surface area contributed by atoms with Crippen molar-refractivity contribution in [3.05, 3.63) is 48.0 Å². The summed E-state index contributed by atoms with van der Waals surface area (Å²) in [4.78, 5) is 12.8. The third-order valence-electron chi connectivity index (χ3n) is 5.72. The maximum absolute atomic E-state index is 12.9. The quantitative estimate of drug-likeness (QED) is 0.488. The van der Waals surface area contributed by atoms with Gasteiger partial charge in [0.2, 0.25) is 26.0 Å². The van der Waals surface area contributed by atoms with Gasteiger partial charge in [-0.15, -0.1) is 0 Å². The fourth-order valence-corrected chi connectivity index (χ4v) is 6.63. The molecule has 0 spiro atoms. The molecule has 2 aromatic carbocycles. The maximum Gasteiger partial charge on any atom is 0.243 e. The number of hydrogen-bond donors (Lipinski definition) is 2. The first-order valence-electron chi connectivity index (χ1n) is 11.4. The molecular weight excluding hydrogens is 492 g/mol. The summed E-state index contributed by atoms with van der Waals surface area (Å²) in [5.74, 6) is -0.396. The zero-order valence-electron chi connectivity index (χ0n) is 20.2. The number of nitrogens with one attached hydrogen (secondary N) is 2. The highest BCUT2D eigenvalue weighted by Gasteiger charge is 2.26. The van der Waals surface area contributed by atoms with Gasteiger partial charge in [0, 0.05) is 37.6 Å². The van der Waals surface area contributed by atoms with Crippen LogP contribution in [0, 0.1) is 6.92 Å². The van der Waals surface area contributed by atoms with Crippen LogP contribution in [-0.2, 0) is 29.6 Å². The highest BCUT2D eigenvalue weighted by Crippen LogP contribution is 2.24. The number of sulfonamides is 2. The van der Waals surface area contributed by atoms with Crippen molar-refractivity contribution < 1.29 is 26.4 Å². The number of carbonyl (C=O) groups excluding carboxylic acids is 1. The largest absolute Gasteiger partial charge is 0.379 e. The highest BCUT2D eigenvalue weighted by atomic mass is 32.2. The molecule has 1 amide bonds. The van der Waals surface area contributed by atoms with Crippen molar-refractivity contribution in [2.75, 3.05) is 56.6 Å². The van der Waals surface area contributed by atoms with Gasteiger partial charge in [-0.05, 0) is 42.8 Å². The number of morpholine rings is 1. The predicted molar refractivity (Wildman–Crippen MR) is 134 cm³/mol. The summed E-state index contributed by atoms with van der Waals surface area (Å²) in [7, 11) is -7.32. The van der Waals surface area contributed by atoms with E-state index in [9.17, 15) is 21.6 Å². The molecule has 0 saturated carbocycles. The van der Waals surface area contributed by atoms with Crippen molar-refractivity contribution in [3.63, 3.8) is 0 Å². The van der Waals surface area contributed by atoms with Gasteiger partial charge in [0.25, 0.3) is 0 Å². The smallest absolute Gasteiger partial charge is 0.243 e. The van der Waals surface area contributed by atoms with Crippen LogP contribution in [0.4, 0.5) is 11.4 Å². The van der Waals surface area contributed by atoms with Crippen LogP contribution in [0.5, 0.6) is 0 Å². The van der Waals surface area contributed by atoms with E-state index in [0.29, 0.717) is 50.8 Å². The van der Waals surface area contributed by atoms with Crippen LogP contribution in [-0.4, -0.2) is 77.3 Å². The molecule has 1 aliphatic rings. The maximum atomic E-state index is 12.9. The van der Waals surface area contributed by atoms with E-state index in [1.165, 1.54) is 32.9 Å². The predicted octanol–water partition coefficient (Wildman–Crippen LogP) is 2.10. The molecule has 12 heteroatoms. The first-order valence-corrected chi connectivity index (χ1v) is 14.3. The summed E-state index contributed by atoms with van der Waals surface area (Å²) in [6.07, 6.45) is 0. The normalized spacial score (nSPS) is 15.2. The highest BCUT2D eigenvalue weighted by molar-refractivity contribution is 7.89. The summed E-state index contributed by atoms with van der Waals surface area (Å²) >= 11 is 0. The second-order valence-corrected chi connectivity index (χ2v) is 11.9. The van der Waals surface area contributed by atoms with E-state index in [1.54, 1.807) is 39.0 Å². The molecule has 0 radical (unpaired) electrons. The zero-order chi connectivity index (χ0) is 25.6. The Morgan fingerprint density at radius 1 is 1.00 bits per heavy atom. The Labute approximate surface area is 207 Å². The fraction of sp³-hybridized carbons (Fsp3) is 0.435. The summed E-state index contributed by atoms with van der Waals surface area (Å²) in [6, 6.07) is 10.9. The van der Waals surface area contributed by atoms with Gasteiger partial charge in [-0.25, -0.2) is 16.8 Å². The van der Waals surface area contributed by atoms with Crippen molar-refractivity contribution in [3.8, 4) is 0 Å². The molecule has 1 heterocycles.